The van der Waals surface area contributed by atoms with Gasteiger partial charge in [-0.1, -0.05) is 17.7 Å². The van der Waals surface area contributed by atoms with Gasteiger partial charge >= 0.3 is 0 Å². The zero-order valence-corrected chi connectivity index (χ0v) is 5.56. The maximum atomic E-state index is 10.7. The van der Waals surface area contributed by atoms with E-state index in [1.807, 2.05) is 0 Å². The second kappa shape index (κ2) is 2.50. The molecule has 0 aromatic rings. The van der Waals surface area contributed by atoms with Gasteiger partial charge in [-0.3, -0.25) is 4.79 Å². The van der Waals surface area contributed by atoms with Crippen LogP contribution in [0.3, 0.4) is 0 Å². The number of ketones is 1. The summed E-state index contributed by atoms with van der Waals surface area (Å²) in [5.41, 5.74) is 0. The molecule has 0 fully saturated rings. The highest BCUT2D eigenvalue weighted by atomic mass is 35.5. The summed E-state index contributed by atoms with van der Waals surface area (Å²) in [5.74, 6) is -0.345. The summed E-state index contributed by atoms with van der Waals surface area (Å²) in [6.07, 6.45) is 1.99. The van der Waals surface area contributed by atoms with Crippen LogP contribution < -0.4 is 0 Å². The summed E-state index contributed by atoms with van der Waals surface area (Å²) >= 11 is 5.41. The zero-order chi connectivity index (χ0) is 6.85. The molecule has 0 saturated carbocycles. The van der Waals surface area contributed by atoms with Crippen LogP contribution in [0.25, 0.3) is 0 Å². The van der Waals surface area contributed by atoms with Crippen LogP contribution in [0.2, 0.25) is 0 Å². The van der Waals surface area contributed by atoms with Crippen LogP contribution in [0, 0.1) is 0 Å². The average Bonchev–Trinajstić information content (AvgIpc) is 1.83. The van der Waals surface area contributed by atoms with E-state index in [-0.39, 0.29) is 10.8 Å². The summed E-state index contributed by atoms with van der Waals surface area (Å²) in [6, 6.07) is 0. The number of carbonyl (C=O) groups excluding carboxylic acids is 1. The van der Waals surface area contributed by atoms with E-state index in [0.717, 1.165) is 0 Å². The molecular weight excluding hydrogens is 140 g/mol. The van der Waals surface area contributed by atoms with Gasteiger partial charge in [0.05, 0.1) is 5.03 Å². The molecule has 50 valence electrons. The molecule has 0 aliphatic heterocycles. The molecule has 0 bridgehead atoms. The minimum atomic E-state index is -0.859. The predicted octanol–water partition coefficient (Wildman–Crippen LogP) is 0.833. The Balaban J connectivity index is 2.74. The Morgan fingerprint density at radius 3 is 2.89 bits per heavy atom. The second-order valence-electron chi connectivity index (χ2n) is 2.01. The van der Waals surface area contributed by atoms with Gasteiger partial charge in [-0.05, 0) is 12.8 Å². The molecule has 0 heterocycles. The number of aliphatic hydroxyl groups excluding tert-OH is 1. The average molecular weight is 147 g/mol. The molecule has 1 N–H and O–H groups in total. The molecular formula is C6H7ClO2. The first-order valence-electron chi connectivity index (χ1n) is 2.80. The summed E-state index contributed by atoms with van der Waals surface area (Å²) in [5, 5.41) is 9.05. The Bertz CT molecular complexity index is 162. The molecule has 0 amide bonds. The van der Waals surface area contributed by atoms with Crippen LogP contribution in [0.4, 0.5) is 0 Å². The van der Waals surface area contributed by atoms with Crippen molar-refractivity contribution in [1.29, 1.82) is 0 Å². The Kier molecular flexibility index (Phi) is 1.88. The number of hydrogen-bond donors (Lipinski definition) is 1. The van der Waals surface area contributed by atoms with Gasteiger partial charge in [-0.25, -0.2) is 0 Å². The van der Waals surface area contributed by atoms with Gasteiger partial charge in [0.15, 0.2) is 0 Å². The summed E-state index contributed by atoms with van der Waals surface area (Å²) in [7, 11) is 0. The Morgan fingerprint density at radius 2 is 2.44 bits per heavy atom. The third-order valence-corrected chi connectivity index (χ3v) is 1.64. The molecule has 1 aliphatic carbocycles. The first kappa shape index (κ1) is 6.78. The highest BCUT2D eigenvalue weighted by Gasteiger charge is 2.20. The number of Topliss-reactive ketones (excluding diaryl/α,β-unsaturated/α-hetero) is 1. The normalized spacial score (nSPS) is 28.0. The number of halogens is 1. The molecule has 9 heavy (non-hydrogen) atoms. The molecule has 0 aromatic carbocycles. The quantitative estimate of drug-likeness (QED) is 0.550. The van der Waals surface area contributed by atoms with E-state index in [1.54, 1.807) is 6.08 Å². The van der Waals surface area contributed by atoms with Gasteiger partial charge in [-0.15, -0.1) is 0 Å². The molecule has 1 atom stereocenters. The maximum absolute atomic E-state index is 10.7. The highest BCUT2D eigenvalue weighted by Crippen LogP contribution is 2.16. The monoisotopic (exact) mass is 146 g/mol. The van der Waals surface area contributed by atoms with Crippen molar-refractivity contribution in [3.63, 3.8) is 0 Å². The fourth-order valence-corrected chi connectivity index (χ4v) is 0.994. The van der Waals surface area contributed by atoms with Crippen LogP contribution in [0.15, 0.2) is 11.1 Å². The van der Waals surface area contributed by atoms with Gasteiger partial charge in [0.2, 0.25) is 5.78 Å². The third-order valence-electron chi connectivity index (χ3n) is 1.30. The Hall–Kier alpha value is -0.340. The molecule has 0 unspecified atom stereocenters. The molecule has 0 saturated heterocycles. The van der Waals surface area contributed by atoms with Crippen molar-refractivity contribution >= 4 is 17.4 Å². The first-order chi connectivity index (χ1) is 4.22. The second-order valence-corrected chi connectivity index (χ2v) is 2.42. The minimum Gasteiger partial charge on any atom is -0.385 e. The van der Waals surface area contributed by atoms with Crippen LogP contribution >= 0.6 is 11.6 Å². The van der Waals surface area contributed by atoms with Crippen molar-refractivity contribution in [3.05, 3.63) is 11.1 Å². The highest BCUT2D eigenvalue weighted by molar-refractivity contribution is 6.43. The number of aliphatic hydroxyl groups is 1. The van der Waals surface area contributed by atoms with E-state index in [9.17, 15) is 4.79 Å². The molecule has 0 spiro atoms. The zero-order valence-electron chi connectivity index (χ0n) is 4.80. The summed E-state index contributed by atoms with van der Waals surface area (Å²) in [4.78, 5) is 10.7. The van der Waals surface area contributed by atoms with Crippen molar-refractivity contribution in [2.24, 2.45) is 0 Å². The van der Waals surface area contributed by atoms with Gasteiger partial charge in [0.1, 0.15) is 6.10 Å². The number of carbonyl (C=O) groups is 1. The lowest BCUT2D eigenvalue weighted by atomic mass is 10.0. The van der Waals surface area contributed by atoms with Crippen molar-refractivity contribution in [2.75, 3.05) is 0 Å². The number of rotatable bonds is 0. The third kappa shape index (κ3) is 1.32. The lowest BCUT2D eigenvalue weighted by molar-refractivity contribution is -0.123. The summed E-state index contributed by atoms with van der Waals surface area (Å²) < 4.78 is 0. The molecule has 0 radical (unpaired) electrons. The Labute approximate surface area is 58.1 Å². The summed E-state index contributed by atoms with van der Waals surface area (Å²) in [6.45, 7) is 0. The van der Waals surface area contributed by atoms with Gasteiger partial charge in [-0.2, -0.15) is 0 Å². The van der Waals surface area contributed by atoms with Crippen molar-refractivity contribution in [1.82, 2.24) is 0 Å². The van der Waals surface area contributed by atoms with E-state index < -0.39 is 6.10 Å². The van der Waals surface area contributed by atoms with Gasteiger partial charge in [0.25, 0.3) is 0 Å². The minimum absolute atomic E-state index is 0.175. The van der Waals surface area contributed by atoms with Crippen molar-refractivity contribution in [3.8, 4) is 0 Å². The fourth-order valence-electron chi connectivity index (χ4n) is 0.759. The standard InChI is InChI=1S/C6H7ClO2/c7-4-2-1-3-5(8)6(4)9/h2,5,8H,1,3H2/t5-/m0/s1. The largest absolute Gasteiger partial charge is 0.385 e. The first-order valence-corrected chi connectivity index (χ1v) is 3.17. The van der Waals surface area contributed by atoms with Crippen molar-refractivity contribution in [2.45, 2.75) is 18.9 Å². The number of hydrogen-bond acceptors (Lipinski definition) is 2. The maximum Gasteiger partial charge on any atom is 0.202 e. The van der Waals surface area contributed by atoms with Crippen molar-refractivity contribution < 1.29 is 9.90 Å². The lowest BCUT2D eigenvalue weighted by Gasteiger charge is -2.11. The van der Waals surface area contributed by atoms with Gasteiger partial charge in [0, 0.05) is 0 Å². The van der Waals surface area contributed by atoms with Gasteiger partial charge < -0.3 is 5.11 Å². The molecule has 1 rings (SSSR count). The predicted molar refractivity (Wildman–Crippen MR) is 34.2 cm³/mol. The van der Waals surface area contributed by atoms with Crippen LogP contribution in [0.5, 0.6) is 0 Å². The van der Waals surface area contributed by atoms with Crippen LogP contribution in [-0.2, 0) is 4.79 Å². The Morgan fingerprint density at radius 1 is 1.78 bits per heavy atom. The van der Waals surface area contributed by atoms with Crippen LogP contribution in [0.1, 0.15) is 12.8 Å². The lowest BCUT2D eigenvalue weighted by Crippen LogP contribution is -2.22. The number of allylic oxidation sites excluding steroid dienone is 1. The van der Waals surface area contributed by atoms with E-state index >= 15 is 0 Å². The molecule has 2 nitrogen and oxygen atoms in total. The molecule has 3 heteroatoms. The molecule has 1 aliphatic rings. The SMILES string of the molecule is O=C1C(Cl)=CCC[C@@H]1O. The fraction of sp³-hybridized carbons (Fsp3) is 0.500. The van der Waals surface area contributed by atoms with E-state index in [4.69, 9.17) is 16.7 Å². The molecule has 0 aromatic heterocycles. The van der Waals surface area contributed by atoms with E-state index in [0.29, 0.717) is 12.8 Å². The smallest absolute Gasteiger partial charge is 0.202 e. The topological polar surface area (TPSA) is 37.3 Å². The van der Waals surface area contributed by atoms with E-state index in [2.05, 4.69) is 0 Å². The van der Waals surface area contributed by atoms with Crippen LogP contribution in [-0.4, -0.2) is 17.0 Å². The van der Waals surface area contributed by atoms with E-state index in [1.165, 1.54) is 0 Å².